The van der Waals surface area contributed by atoms with Crippen LogP contribution in [0.1, 0.15) is 12.5 Å². The molecule has 2 unspecified atom stereocenters. The minimum absolute atomic E-state index is 0.0407. The van der Waals surface area contributed by atoms with E-state index in [0.717, 1.165) is 0 Å². The lowest BCUT2D eigenvalue weighted by Crippen LogP contribution is -2.50. The summed E-state index contributed by atoms with van der Waals surface area (Å²) >= 11 is 0. The SMILES string of the molecule is CC1COC(CO)CN1c1ccc(CN)c(F)c1F. The summed E-state index contributed by atoms with van der Waals surface area (Å²) in [5, 5.41) is 9.11. The highest BCUT2D eigenvalue weighted by Crippen LogP contribution is 2.28. The Balaban J connectivity index is 2.32. The average molecular weight is 272 g/mol. The molecule has 1 aliphatic heterocycles. The molecule has 2 atom stereocenters. The maximum Gasteiger partial charge on any atom is 0.182 e. The van der Waals surface area contributed by atoms with Gasteiger partial charge >= 0.3 is 0 Å². The molecule has 6 heteroatoms. The van der Waals surface area contributed by atoms with Crippen molar-refractivity contribution in [3.63, 3.8) is 0 Å². The summed E-state index contributed by atoms with van der Waals surface area (Å²) in [6, 6.07) is 2.93. The highest BCUT2D eigenvalue weighted by molar-refractivity contribution is 5.51. The van der Waals surface area contributed by atoms with Crippen LogP contribution in [0.3, 0.4) is 0 Å². The van der Waals surface area contributed by atoms with Crippen molar-refractivity contribution < 1.29 is 18.6 Å². The number of anilines is 1. The van der Waals surface area contributed by atoms with Gasteiger partial charge in [-0.2, -0.15) is 0 Å². The minimum Gasteiger partial charge on any atom is -0.394 e. The molecule has 0 aromatic heterocycles. The van der Waals surface area contributed by atoms with Crippen LogP contribution in [0.25, 0.3) is 0 Å². The highest BCUT2D eigenvalue weighted by atomic mass is 19.2. The standard InChI is InChI=1S/C13H18F2N2O2/c1-8-7-19-10(6-18)5-17(8)11-3-2-9(4-16)12(14)13(11)15/h2-3,8,10,18H,4-7,16H2,1H3. The number of aliphatic hydroxyl groups is 1. The first-order valence-electron chi connectivity index (χ1n) is 6.24. The van der Waals surface area contributed by atoms with Gasteiger partial charge in [-0.15, -0.1) is 0 Å². The fourth-order valence-electron chi connectivity index (χ4n) is 2.22. The van der Waals surface area contributed by atoms with E-state index in [1.165, 1.54) is 12.1 Å². The second-order valence-electron chi connectivity index (χ2n) is 4.72. The topological polar surface area (TPSA) is 58.7 Å². The molecule has 1 heterocycles. The number of aliphatic hydroxyl groups excluding tert-OH is 1. The maximum absolute atomic E-state index is 14.1. The van der Waals surface area contributed by atoms with E-state index in [1.54, 1.807) is 4.90 Å². The molecule has 1 aliphatic rings. The smallest absolute Gasteiger partial charge is 0.182 e. The number of benzene rings is 1. The number of nitrogens with two attached hydrogens (primary N) is 1. The van der Waals surface area contributed by atoms with Crippen molar-refractivity contribution in [3.8, 4) is 0 Å². The Morgan fingerprint density at radius 1 is 1.42 bits per heavy atom. The van der Waals surface area contributed by atoms with Gasteiger partial charge in [0.1, 0.15) is 0 Å². The van der Waals surface area contributed by atoms with E-state index >= 15 is 0 Å². The van der Waals surface area contributed by atoms with Crippen molar-refractivity contribution in [3.05, 3.63) is 29.3 Å². The first-order chi connectivity index (χ1) is 9.08. The number of ether oxygens (including phenoxy) is 1. The zero-order valence-electron chi connectivity index (χ0n) is 10.8. The van der Waals surface area contributed by atoms with Gasteiger partial charge in [-0.25, -0.2) is 8.78 Å². The lowest BCUT2D eigenvalue weighted by molar-refractivity contribution is -0.0105. The molecule has 19 heavy (non-hydrogen) atoms. The molecule has 3 N–H and O–H groups in total. The number of nitrogens with zero attached hydrogens (tertiary/aromatic N) is 1. The monoisotopic (exact) mass is 272 g/mol. The molecule has 1 aromatic rings. The van der Waals surface area contributed by atoms with E-state index in [2.05, 4.69) is 0 Å². The van der Waals surface area contributed by atoms with Crippen molar-refractivity contribution in [2.75, 3.05) is 24.7 Å². The van der Waals surface area contributed by atoms with Crippen molar-refractivity contribution in [2.24, 2.45) is 5.73 Å². The van der Waals surface area contributed by atoms with Gasteiger partial charge in [0.05, 0.1) is 25.0 Å². The first kappa shape index (κ1) is 14.2. The third kappa shape index (κ3) is 2.70. The van der Waals surface area contributed by atoms with Crippen LogP contribution < -0.4 is 10.6 Å². The van der Waals surface area contributed by atoms with Crippen LogP contribution in [0.5, 0.6) is 0 Å². The summed E-state index contributed by atoms with van der Waals surface area (Å²) in [5.41, 5.74) is 5.68. The van der Waals surface area contributed by atoms with Crippen LogP contribution in [0, 0.1) is 11.6 Å². The van der Waals surface area contributed by atoms with Crippen LogP contribution >= 0.6 is 0 Å². The summed E-state index contributed by atoms with van der Waals surface area (Å²) in [6.45, 7) is 2.37. The zero-order chi connectivity index (χ0) is 14.0. The van der Waals surface area contributed by atoms with Gasteiger partial charge < -0.3 is 20.5 Å². The predicted molar refractivity (Wildman–Crippen MR) is 67.9 cm³/mol. The van der Waals surface area contributed by atoms with E-state index in [4.69, 9.17) is 15.6 Å². The van der Waals surface area contributed by atoms with Crippen molar-refractivity contribution in [1.82, 2.24) is 0 Å². The van der Waals surface area contributed by atoms with Gasteiger partial charge in [-0.05, 0) is 13.0 Å². The number of hydrogen-bond acceptors (Lipinski definition) is 4. The Morgan fingerprint density at radius 2 is 2.16 bits per heavy atom. The van der Waals surface area contributed by atoms with Gasteiger partial charge in [0.15, 0.2) is 11.6 Å². The van der Waals surface area contributed by atoms with Crippen LogP contribution in [-0.4, -0.2) is 37.0 Å². The molecule has 1 fully saturated rings. The van der Waals surface area contributed by atoms with E-state index in [0.29, 0.717) is 13.2 Å². The molecular formula is C13H18F2N2O2. The molecule has 4 nitrogen and oxygen atoms in total. The summed E-state index contributed by atoms with van der Waals surface area (Å²) in [6.07, 6.45) is -0.382. The molecule has 0 bridgehead atoms. The Labute approximate surface area is 110 Å². The van der Waals surface area contributed by atoms with Gasteiger partial charge in [0.2, 0.25) is 0 Å². The van der Waals surface area contributed by atoms with E-state index in [1.807, 2.05) is 6.92 Å². The molecule has 0 radical (unpaired) electrons. The molecule has 0 aliphatic carbocycles. The van der Waals surface area contributed by atoms with Gasteiger partial charge in [0, 0.05) is 24.7 Å². The quantitative estimate of drug-likeness (QED) is 0.862. The third-order valence-electron chi connectivity index (χ3n) is 3.38. The second-order valence-corrected chi connectivity index (χ2v) is 4.72. The van der Waals surface area contributed by atoms with E-state index in [-0.39, 0.29) is 36.5 Å². The molecule has 0 amide bonds. The molecule has 0 saturated carbocycles. The predicted octanol–water partition coefficient (Wildman–Crippen LogP) is 1.01. The molecular weight excluding hydrogens is 254 g/mol. The number of hydrogen-bond donors (Lipinski definition) is 2. The Bertz CT molecular complexity index is 457. The highest BCUT2D eigenvalue weighted by Gasteiger charge is 2.28. The van der Waals surface area contributed by atoms with Crippen molar-refractivity contribution >= 4 is 5.69 Å². The molecule has 1 aromatic carbocycles. The summed E-state index contributed by atoms with van der Waals surface area (Å²) in [5.74, 6) is -1.80. The van der Waals surface area contributed by atoms with Crippen LogP contribution in [-0.2, 0) is 11.3 Å². The van der Waals surface area contributed by atoms with E-state index in [9.17, 15) is 8.78 Å². The van der Waals surface area contributed by atoms with Gasteiger partial charge in [-0.3, -0.25) is 0 Å². The molecule has 106 valence electrons. The summed E-state index contributed by atoms with van der Waals surface area (Å²) in [4.78, 5) is 1.71. The zero-order valence-corrected chi connectivity index (χ0v) is 10.8. The normalized spacial score (nSPS) is 23.7. The first-order valence-corrected chi connectivity index (χ1v) is 6.24. The third-order valence-corrected chi connectivity index (χ3v) is 3.38. The molecule has 0 spiro atoms. The average Bonchev–Trinajstić information content (AvgIpc) is 2.43. The molecule has 1 saturated heterocycles. The number of rotatable bonds is 3. The lowest BCUT2D eigenvalue weighted by atomic mass is 10.1. The van der Waals surface area contributed by atoms with E-state index < -0.39 is 11.6 Å². The Kier molecular flexibility index (Phi) is 4.34. The van der Waals surface area contributed by atoms with Crippen LogP contribution in [0.15, 0.2) is 12.1 Å². The van der Waals surface area contributed by atoms with Crippen LogP contribution in [0.4, 0.5) is 14.5 Å². The van der Waals surface area contributed by atoms with Crippen molar-refractivity contribution in [2.45, 2.75) is 25.6 Å². The largest absolute Gasteiger partial charge is 0.394 e. The number of morpholine rings is 1. The molecule has 2 rings (SSSR count). The fraction of sp³-hybridized carbons (Fsp3) is 0.538. The maximum atomic E-state index is 14.1. The summed E-state index contributed by atoms with van der Waals surface area (Å²) in [7, 11) is 0. The number of halogens is 2. The fourth-order valence-corrected chi connectivity index (χ4v) is 2.22. The second kappa shape index (κ2) is 5.81. The Morgan fingerprint density at radius 3 is 2.79 bits per heavy atom. The summed E-state index contributed by atoms with van der Waals surface area (Å²) < 4.78 is 33.2. The van der Waals surface area contributed by atoms with Crippen LogP contribution in [0.2, 0.25) is 0 Å². The Hall–Kier alpha value is -1.24. The van der Waals surface area contributed by atoms with Gasteiger partial charge in [-0.1, -0.05) is 6.07 Å². The minimum atomic E-state index is -0.903. The van der Waals surface area contributed by atoms with Gasteiger partial charge in [0.25, 0.3) is 0 Å². The van der Waals surface area contributed by atoms with Crippen molar-refractivity contribution in [1.29, 1.82) is 0 Å². The lowest BCUT2D eigenvalue weighted by Gasteiger charge is -2.39.